The number of aryl methyl sites for hydroxylation is 1. The molecule has 0 bridgehead atoms. The molecule has 0 aliphatic carbocycles. The number of aromatic nitrogens is 2. The van der Waals surface area contributed by atoms with E-state index >= 15 is 0 Å². The highest BCUT2D eigenvalue weighted by Crippen LogP contribution is 2.10. The Kier molecular flexibility index (Phi) is 5.68. The van der Waals surface area contributed by atoms with Gasteiger partial charge in [0.15, 0.2) is 0 Å². The summed E-state index contributed by atoms with van der Waals surface area (Å²) in [6, 6.07) is 22.1. The summed E-state index contributed by atoms with van der Waals surface area (Å²) >= 11 is 0. The highest BCUT2D eigenvalue weighted by molar-refractivity contribution is 5.92. The summed E-state index contributed by atoms with van der Waals surface area (Å²) in [5.74, 6) is -0.179. The van der Waals surface area contributed by atoms with Crippen LogP contribution >= 0.6 is 0 Å². The molecule has 29 heavy (non-hydrogen) atoms. The second-order valence-corrected chi connectivity index (χ2v) is 7.07. The van der Waals surface area contributed by atoms with Crippen molar-refractivity contribution in [3.8, 4) is 0 Å². The van der Waals surface area contributed by atoms with Crippen LogP contribution in [-0.2, 0) is 24.5 Å². The second kappa shape index (κ2) is 8.71. The Balaban J connectivity index is 1.28. The first-order chi connectivity index (χ1) is 14.2. The quantitative estimate of drug-likeness (QED) is 0.516. The van der Waals surface area contributed by atoms with E-state index < -0.39 is 0 Å². The van der Waals surface area contributed by atoms with Crippen LogP contribution in [0.4, 0.5) is 0 Å². The molecule has 2 heterocycles. The average Bonchev–Trinajstić information content (AvgIpc) is 3.17. The fraction of sp³-hybridized carbons (Fsp3) is 0.167. The summed E-state index contributed by atoms with van der Waals surface area (Å²) < 4.78 is 7.61. The largest absolute Gasteiger partial charge is 0.372 e. The fourth-order valence-corrected chi connectivity index (χ4v) is 3.08. The van der Waals surface area contributed by atoms with Crippen molar-refractivity contribution in [2.45, 2.75) is 26.7 Å². The van der Waals surface area contributed by atoms with Gasteiger partial charge < -0.3 is 14.5 Å². The van der Waals surface area contributed by atoms with Gasteiger partial charge in [0, 0.05) is 18.9 Å². The lowest BCUT2D eigenvalue weighted by Gasteiger charge is -2.07. The van der Waals surface area contributed by atoms with Crippen LogP contribution in [0.2, 0.25) is 0 Å². The van der Waals surface area contributed by atoms with E-state index in [9.17, 15) is 4.79 Å². The van der Waals surface area contributed by atoms with Crippen LogP contribution in [-0.4, -0.2) is 15.3 Å². The first kappa shape index (κ1) is 18.9. The molecule has 2 aromatic heterocycles. The normalized spacial score (nSPS) is 10.9. The van der Waals surface area contributed by atoms with Crippen LogP contribution in [0.3, 0.4) is 0 Å². The maximum absolute atomic E-state index is 12.4. The molecule has 0 aliphatic rings. The third-order valence-electron chi connectivity index (χ3n) is 4.70. The van der Waals surface area contributed by atoms with Gasteiger partial charge in [-0.05, 0) is 41.3 Å². The van der Waals surface area contributed by atoms with E-state index in [2.05, 4.69) is 22.4 Å². The van der Waals surface area contributed by atoms with Crippen molar-refractivity contribution in [3.05, 3.63) is 107 Å². The second-order valence-electron chi connectivity index (χ2n) is 7.07. The first-order valence-corrected chi connectivity index (χ1v) is 9.60. The number of ether oxygens (including phenoxy) is 1. The van der Waals surface area contributed by atoms with Crippen molar-refractivity contribution in [3.63, 3.8) is 0 Å². The minimum Gasteiger partial charge on any atom is -0.372 e. The molecule has 0 saturated carbocycles. The molecule has 1 amide bonds. The molecular formula is C24H23N3O2. The van der Waals surface area contributed by atoms with Gasteiger partial charge in [0.2, 0.25) is 0 Å². The molecule has 5 heteroatoms. The monoisotopic (exact) mass is 385 g/mol. The maximum Gasteiger partial charge on any atom is 0.271 e. The van der Waals surface area contributed by atoms with Gasteiger partial charge in [-0.3, -0.25) is 4.79 Å². The van der Waals surface area contributed by atoms with Crippen LogP contribution in [0.5, 0.6) is 0 Å². The molecule has 1 N–H and O–H groups in total. The van der Waals surface area contributed by atoms with E-state index in [1.165, 1.54) is 0 Å². The number of carbonyl (C=O) groups is 1. The molecule has 0 atom stereocenters. The molecule has 0 spiro atoms. The van der Waals surface area contributed by atoms with E-state index in [1.54, 1.807) is 6.20 Å². The number of imidazole rings is 1. The summed E-state index contributed by atoms with van der Waals surface area (Å²) in [5, 5.41) is 2.93. The molecule has 146 valence electrons. The van der Waals surface area contributed by atoms with Crippen LogP contribution in [0, 0.1) is 6.92 Å². The number of nitrogens with one attached hydrogen (secondary N) is 1. The smallest absolute Gasteiger partial charge is 0.271 e. The van der Waals surface area contributed by atoms with Crippen LogP contribution in [0.15, 0.2) is 79.1 Å². The highest BCUT2D eigenvalue weighted by Gasteiger charge is 2.10. The molecule has 4 aromatic rings. The van der Waals surface area contributed by atoms with Crippen molar-refractivity contribution in [1.29, 1.82) is 0 Å². The number of amides is 1. The lowest BCUT2D eigenvalue weighted by atomic mass is 10.1. The summed E-state index contributed by atoms with van der Waals surface area (Å²) in [4.78, 5) is 16.8. The number of fused-ring (bicyclic) bond motifs is 1. The Morgan fingerprint density at radius 3 is 2.41 bits per heavy atom. The van der Waals surface area contributed by atoms with Gasteiger partial charge >= 0.3 is 0 Å². The molecule has 0 saturated heterocycles. The number of nitrogens with zero attached hydrogens (tertiary/aromatic N) is 2. The number of rotatable bonds is 7. The van der Waals surface area contributed by atoms with Crippen LogP contribution in [0.1, 0.15) is 32.7 Å². The number of hydrogen-bond acceptors (Lipinski definition) is 3. The summed E-state index contributed by atoms with van der Waals surface area (Å²) in [6.45, 7) is 3.61. The number of carbonyl (C=O) groups excluding carboxylic acids is 1. The number of benzene rings is 2. The van der Waals surface area contributed by atoms with Gasteiger partial charge in [-0.2, -0.15) is 0 Å². The Morgan fingerprint density at radius 2 is 1.66 bits per heavy atom. The highest BCUT2D eigenvalue weighted by atomic mass is 16.5. The topological polar surface area (TPSA) is 55.6 Å². The molecule has 5 nitrogen and oxygen atoms in total. The zero-order valence-electron chi connectivity index (χ0n) is 16.3. The van der Waals surface area contributed by atoms with Gasteiger partial charge in [0.1, 0.15) is 11.3 Å². The van der Waals surface area contributed by atoms with Crippen molar-refractivity contribution in [2.75, 3.05) is 0 Å². The molecule has 0 fully saturated rings. The molecule has 0 unspecified atom stereocenters. The SMILES string of the molecule is Cc1ccn2cc(C(=O)NCc3ccc(COCc4ccccc4)cc3)nc2c1. The van der Waals surface area contributed by atoms with Gasteiger partial charge in [0.05, 0.1) is 13.2 Å². The molecule has 0 radical (unpaired) electrons. The van der Waals surface area contributed by atoms with Crippen molar-refractivity contribution in [1.82, 2.24) is 14.7 Å². The van der Waals surface area contributed by atoms with E-state index in [4.69, 9.17) is 4.74 Å². The van der Waals surface area contributed by atoms with E-state index in [-0.39, 0.29) is 5.91 Å². The molecule has 2 aromatic carbocycles. The van der Waals surface area contributed by atoms with E-state index in [1.807, 2.05) is 72.1 Å². The Hall–Kier alpha value is -3.44. The third kappa shape index (κ3) is 4.89. The molecule has 0 aliphatic heterocycles. The Bertz CT molecular complexity index is 1100. The summed E-state index contributed by atoms with van der Waals surface area (Å²) in [5.41, 5.74) is 5.60. The fourth-order valence-electron chi connectivity index (χ4n) is 3.08. The minimum absolute atomic E-state index is 0.179. The van der Waals surface area contributed by atoms with Crippen molar-refractivity contribution < 1.29 is 9.53 Å². The zero-order valence-corrected chi connectivity index (χ0v) is 16.3. The van der Waals surface area contributed by atoms with E-state index in [0.29, 0.717) is 25.5 Å². The van der Waals surface area contributed by atoms with Crippen LogP contribution in [0.25, 0.3) is 5.65 Å². The lowest BCUT2D eigenvalue weighted by molar-refractivity contribution is 0.0946. The Labute approximate surface area is 170 Å². The third-order valence-corrected chi connectivity index (χ3v) is 4.70. The van der Waals surface area contributed by atoms with Gasteiger partial charge in [-0.1, -0.05) is 54.6 Å². The summed E-state index contributed by atoms with van der Waals surface area (Å²) in [6.07, 6.45) is 3.66. The van der Waals surface area contributed by atoms with Crippen molar-refractivity contribution >= 4 is 11.6 Å². The molecular weight excluding hydrogens is 362 g/mol. The van der Waals surface area contributed by atoms with Crippen LogP contribution < -0.4 is 5.32 Å². The first-order valence-electron chi connectivity index (χ1n) is 9.60. The predicted molar refractivity (Wildman–Crippen MR) is 112 cm³/mol. The maximum atomic E-state index is 12.4. The Morgan fingerprint density at radius 1 is 0.966 bits per heavy atom. The number of hydrogen-bond donors (Lipinski definition) is 1. The predicted octanol–water partition coefficient (Wildman–Crippen LogP) is 4.29. The minimum atomic E-state index is -0.179. The van der Waals surface area contributed by atoms with Crippen molar-refractivity contribution in [2.24, 2.45) is 0 Å². The van der Waals surface area contributed by atoms with Gasteiger partial charge in [-0.15, -0.1) is 0 Å². The zero-order chi connectivity index (χ0) is 20.1. The van der Waals surface area contributed by atoms with Gasteiger partial charge in [0.25, 0.3) is 5.91 Å². The summed E-state index contributed by atoms with van der Waals surface area (Å²) in [7, 11) is 0. The average molecular weight is 385 g/mol. The number of pyridine rings is 1. The lowest BCUT2D eigenvalue weighted by Crippen LogP contribution is -2.23. The van der Waals surface area contributed by atoms with E-state index in [0.717, 1.165) is 27.9 Å². The standard InChI is InChI=1S/C24H23N3O2/c1-18-11-12-27-15-22(26-23(27)13-18)24(28)25-14-19-7-9-21(10-8-19)17-29-16-20-5-3-2-4-6-20/h2-13,15H,14,16-17H2,1H3,(H,25,28). The van der Waals surface area contributed by atoms with Gasteiger partial charge in [-0.25, -0.2) is 4.98 Å². The molecule has 4 rings (SSSR count).